The van der Waals surface area contributed by atoms with Gasteiger partial charge in [0.05, 0.1) is 0 Å². The molecule has 1 atom stereocenters. The summed E-state index contributed by atoms with van der Waals surface area (Å²) in [5, 5.41) is 0. The molecule has 0 heterocycles. The quantitative estimate of drug-likeness (QED) is 0.0261. The third-order valence-electron chi connectivity index (χ3n) is 13.7. The first-order chi connectivity index (χ1) is 40.5. The van der Waals surface area contributed by atoms with Gasteiger partial charge in [-0.3, -0.25) is 14.4 Å². The lowest BCUT2D eigenvalue weighted by atomic mass is 10.0. The van der Waals surface area contributed by atoms with E-state index in [1.807, 2.05) is 0 Å². The monoisotopic (exact) mass is 1130 g/mol. The molecule has 82 heavy (non-hydrogen) atoms. The molecule has 0 radical (unpaired) electrons. The van der Waals surface area contributed by atoms with Crippen molar-refractivity contribution in [3.63, 3.8) is 0 Å². The Labute approximate surface area is 505 Å². The van der Waals surface area contributed by atoms with Crippen molar-refractivity contribution < 1.29 is 28.6 Å². The lowest BCUT2D eigenvalue weighted by Crippen LogP contribution is -2.30. The topological polar surface area (TPSA) is 78.9 Å². The summed E-state index contributed by atoms with van der Waals surface area (Å²) in [6, 6.07) is 0. The number of allylic oxidation sites excluding steroid dienone is 26. The second-order valence-corrected chi connectivity index (χ2v) is 21.6. The zero-order chi connectivity index (χ0) is 59.2. The second-order valence-electron chi connectivity index (χ2n) is 21.6. The van der Waals surface area contributed by atoms with E-state index in [0.717, 1.165) is 148 Å². The molecule has 0 aromatic rings. The summed E-state index contributed by atoms with van der Waals surface area (Å²) in [6.45, 7) is 6.35. The molecule has 0 fully saturated rings. The van der Waals surface area contributed by atoms with Gasteiger partial charge < -0.3 is 14.2 Å². The van der Waals surface area contributed by atoms with Gasteiger partial charge >= 0.3 is 17.9 Å². The van der Waals surface area contributed by atoms with Crippen LogP contribution >= 0.6 is 0 Å². The largest absolute Gasteiger partial charge is 0.462 e. The third kappa shape index (κ3) is 65.8. The van der Waals surface area contributed by atoms with Crippen LogP contribution in [0.15, 0.2) is 158 Å². The van der Waals surface area contributed by atoms with Crippen molar-refractivity contribution in [3.8, 4) is 0 Å². The molecule has 0 bridgehead atoms. The van der Waals surface area contributed by atoms with Crippen LogP contribution in [0.1, 0.15) is 284 Å². The first-order valence-corrected chi connectivity index (χ1v) is 33.5. The van der Waals surface area contributed by atoms with Gasteiger partial charge in [-0.1, -0.05) is 275 Å². The summed E-state index contributed by atoms with van der Waals surface area (Å²) < 4.78 is 16.9. The first-order valence-electron chi connectivity index (χ1n) is 33.5. The Morgan fingerprint density at radius 3 is 0.768 bits per heavy atom. The second kappa shape index (κ2) is 68.5. The standard InChI is InChI=1S/C76H122O6/c1-4-7-10-13-16-19-22-25-28-31-33-35-36-37-38-39-40-42-43-45-48-51-54-57-60-63-66-69-75(78)81-72-73(71-80-74(77)68-65-62-59-56-53-50-47-30-27-24-21-18-15-12-9-6-3)82-76(79)70-67-64-61-58-55-52-49-46-44-41-34-32-29-26-23-20-17-14-11-8-5-2/h7-8,10-11,16-17,19-21,24-26,28-30,33-35,37-38,41,46-47,49,55,58,73H,4-6,9,12-15,18,22-23,27,31-32,36,39-40,42-45,48,50-54,56-57,59-72H2,1-3H3/b10-7-,11-8-,19-16-,20-17-,24-21-,28-25-,29-26-,35-33-,38-37-,41-34-,47-30-,49-46-,58-55-. The summed E-state index contributed by atoms with van der Waals surface area (Å²) in [5.41, 5.74) is 0. The number of carbonyl (C=O) groups is 3. The maximum atomic E-state index is 12.9. The van der Waals surface area contributed by atoms with Gasteiger partial charge in [0.1, 0.15) is 13.2 Å². The van der Waals surface area contributed by atoms with Crippen LogP contribution in [0.4, 0.5) is 0 Å². The Kier molecular flexibility index (Phi) is 64.4. The van der Waals surface area contributed by atoms with Crippen LogP contribution in [0.3, 0.4) is 0 Å². The van der Waals surface area contributed by atoms with Gasteiger partial charge in [0, 0.05) is 19.3 Å². The summed E-state index contributed by atoms with van der Waals surface area (Å²) in [7, 11) is 0. The molecule has 0 saturated heterocycles. The maximum absolute atomic E-state index is 12.9. The molecule has 462 valence electrons. The maximum Gasteiger partial charge on any atom is 0.306 e. The van der Waals surface area contributed by atoms with Gasteiger partial charge in [-0.25, -0.2) is 0 Å². The highest BCUT2D eigenvalue weighted by Gasteiger charge is 2.19. The molecule has 0 aliphatic carbocycles. The van der Waals surface area contributed by atoms with Gasteiger partial charge in [0.25, 0.3) is 0 Å². The smallest absolute Gasteiger partial charge is 0.306 e. The summed E-state index contributed by atoms with van der Waals surface area (Å²) in [4.78, 5) is 38.4. The predicted octanol–water partition coefficient (Wildman–Crippen LogP) is 23.3. The van der Waals surface area contributed by atoms with Crippen LogP contribution in [-0.2, 0) is 28.6 Å². The number of carbonyl (C=O) groups excluding carboxylic acids is 3. The number of hydrogen-bond donors (Lipinski definition) is 0. The average Bonchev–Trinajstić information content (AvgIpc) is 3.48. The fourth-order valence-electron chi connectivity index (χ4n) is 8.80. The van der Waals surface area contributed by atoms with Gasteiger partial charge in [-0.05, 0) is 148 Å². The predicted molar refractivity (Wildman–Crippen MR) is 357 cm³/mol. The summed E-state index contributed by atoms with van der Waals surface area (Å²) in [6.07, 6.45) is 99.6. The Morgan fingerprint density at radius 2 is 0.476 bits per heavy atom. The normalized spacial score (nSPS) is 13.2. The van der Waals surface area contributed by atoms with E-state index in [1.165, 1.54) is 89.9 Å². The Morgan fingerprint density at radius 1 is 0.256 bits per heavy atom. The molecule has 6 nitrogen and oxygen atoms in total. The molecule has 0 aliphatic heterocycles. The Bertz CT molecular complexity index is 1830. The van der Waals surface area contributed by atoms with E-state index in [9.17, 15) is 14.4 Å². The Hall–Kier alpha value is -4.97. The first kappa shape index (κ1) is 77.0. The van der Waals surface area contributed by atoms with Gasteiger partial charge in [0.15, 0.2) is 6.10 Å². The van der Waals surface area contributed by atoms with E-state index >= 15 is 0 Å². The number of ether oxygens (including phenoxy) is 3. The minimum Gasteiger partial charge on any atom is -0.462 e. The van der Waals surface area contributed by atoms with Crippen molar-refractivity contribution in [1.82, 2.24) is 0 Å². The average molecular weight is 1130 g/mol. The fraction of sp³-hybridized carbons (Fsp3) is 0.618. The van der Waals surface area contributed by atoms with Crippen LogP contribution in [0.5, 0.6) is 0 Å². The van der Waals surface area contributed by atoms with Crippen LogP contribution in [-0.4, -0.2) is 37.2 Å². The fourth-order valence-corrected chi connectivity index (χ4v) is 8.80. The van der Waals surface area contributed by atoms with Crippen molar-refractivity contribution in [2.24, 2.45) is 0 Å². The number of rotatable bonds is 59. The third-order valence-corrected chi connectivity index (χ3v) is 13.7. The highest BCUT2D eigenvalue weighted by atomic mass is 16.6. The summed E-state index contributed by atoms with van der Waals surface area (Å²) in [5.74, 6) is -0.968. The van der Waals surface area contributed by atoms with Crippen molar-refractivity contribution in [1.29, 1.82) is 0 Å². The number of unbranched alkanes of at least 4 members (excludes halogenated alkanes) is 22. The lowest BCUT2D eigenvalue weighted by Gasteiger charge is -2.18. The van der Waals surface area contributed by atoms with Crippen LogP contribution < -0.4 is 0 Å². The van der Waals surface area contributed by atoms with Crippen molar-refractivity contribution in [2.45, 2.75) is 290 Å². The minimum absolute atomic E-state index is 0.108. The number of esters is 3. The van der Waals surface area contributed by atoms with Crippen LogP contribution in [0.2, 0.25) is 0 Å². The minimum atomic E-state index is -0.818. The molecule has 0 spiro atoms. The lowest BCUT2D eigenvalue weighted by molar-refractivity contribution is -0.167. The zero-order valence-electron chi connectivity index (χ0n) is 52.9. The molecule has 0 aromatic carbocycles. The van der Waals surface area contributed by atoms with Gasteiger partial charge in [0.2, 0.25) is 0 Å². The van der Waals surface area contributed by atoms with Crippen molar-refractivity contribution in [3.05, 3.63) is 158 Å². The van der Waals surface area contributed by atoms with Crippen LogP contribution in [0.25, 0.3) is 0 Å². The van der Waals surface area contributed by atoms with Crippen molar-refractivity contribution >= 4 is 17.9 Å². The van der Waals surface area contributed by atoms with E-state index < -0.39 is 6.10 Å². The molecule has 0 rings (SSSR count). The summed E-state index contributed by atoms with van der Waals surface area (Å²) >= 11 is 0. The molecular formula is C76H122O6. The van der Waals surface area contributed by atoms with Gasteiger partial charge in [-0.15, -0.1) is 0 Å². The van der Waals surface area contributed by atoms with Crippen LogP contribution in [0, 0.1) is 0 Å². The van der Waals surface area contributed by atoms with E-state index in [-0.39, 0.29) is 37.5 Å². The highest BCUT2D eigenvalue weighted by Crippen LogP contribution is 2.15. The molecule has 6 heteroatoms. The van der Waals surface area contributed by atoms with Crippen molar-refractivity contribution in [2.75, 3.05) is 13.2 Å². The Balaban J connectivity index is 4.46. The molecule has 1 unspecified atom stereocenters. The highest BCUT2D eigenvalue weighted by molar-refractivity contribution is 5.71. The van der Waals surface area contributed by atoms with E-state index in [4.69, 9.17) is 14.2 Å². The SMILES string of the molecule is CC/C=C\C/C=C\C/C=C\C/C=C\C/C=C\C/C=C\CCCCC(=O)OC(COC(=O)CCCCCCC/C=C\C/C=C\CCCCCC)COC(=O)CCCCCCCCCCCCC/C=C\C/C=C\C/C=C\C/C=C\C/C=C\CC. The van der Waals surface area contributed by atoms with E-state index in [1.54, 1.807) is 0 Å². The molecule has 0 N–H and O–H groups in total. The molecule has 0 aliphatic rings. The van der Waals surface area contributed by atoms with Gasteiger partial charge in [-0.2, -0.15) is 0 Å². The molecular weight excluding hydrogens is 1010 g/mol. The number of hydrogen-bond acceptors (Lipinski definition) is 6. The molecule has 0 saturated carbocycles. The molecule has 0 aromatic heterocycles. The van der Waals surface area contributed by atoms with E-state index in [0.29, 0.717) is 19.3 Å². The molecule has 0 amide bonds. The van der Waals surface area contributed by atoms with E-state index in [2.05, 4.69) is 179 Å². The zero-order valence-corrected chi connectivity index (χ0v) is 52.9.